The van der Waals surface area contributed by atoms with Gasteiger partial charge in [-0.2, -0.15) is 5.06 Å². The van der Waals surface area contributed by atoms with Gasteiger partial charge in [0.1, 0.15) is 0 Å². The van der Waals surface area contributed by atoms with Gasteiger partial charge in [-0.3, -0.25) is 0 Å². The van der Waals surface area contributed by atoms with Gasteiger partial charge in [0.2, 0.25) is 0 Å². The van der Waals surface area contributed by atoms with Crippen LogP contribution in [0.2, 0.25) is 0 Å². The number of aliphatic hydroxyl groups is 1. The molecular weight excluding hydrogens is 142 g/mol. The van der Waals surface area contributed by atoms with Crippen molar-refractivity contribution in [1.82, 2.24) is 5.06 Å². The number of nitrogens with zero attached hydrogens (tertiary/aromatic N) is 1. The Balaban J connectivity index is 0.000000461. The number of hydrogen-bond acceptors (Lipinski definition) is 3. The molecule has 3 heteroatoms. The van der Waals surface area contributed by atoms with Crippen LogP contribution < -0.4 is 0 Å². The molecule has 0 aromatic carbocycles. The summed E-state index contributed by atoms with van der Waals surface area (Å²) in [5.41, 5.74) is 0. The Kier molecular flexibility index (Phi) is 5.46. The quantitative estimate of drug-likeness (QED) is 0.559. The zero-order valence-electron chi connectivity index (χ0n) is 7.62. The minimum absolute atomic E-state index is 0.334. The molecule has 0 aliphatic carbocycles. The van der Waals surface area contributed by atoms with Crippen molar-refractivity contribution >= 4 is 0 Å². The fourth-order valence-electron chi connectivity index (χ4n) is 1.29. The molecule has 1 aliphatic heterocycles. The van der Waals surface area contributed by atoms with Crippen molar-refractivity contribution in [2.45, 2.75) is 33.3 Å². The summed E-state index contributed by atoms with van der Waals surface area (Å²) in [4.78, 5) is 0. The number of hydrogen-bond donors (Lipinski definition) is 2. The predicted octanol–water partition coefficient (Wildman–Crippen LogP) is 1.10. The monoisotopic (exact) mass is 161 g/mol. The Labute approximate surface area is 68.6 Å². The van der Waals surface area contributed by atoms with E-state index < -0.39 is 0 Å². The highest BCUT2D eigenvalue weighted by Gasteiger charge is 2.20. The molecule has 0 spiro atoms. The summed E-state index contributed by atoms with van der Waals surface area (Å²) in [6, 6.07) is 0. The normalized spacial score (nSPS) is 32.5. The van der Waals surface area contributed by atoms with Crippen molar-refractivity contribution in [3.05, 3.63) is 0 Å². The van der Waals surface area contributed by atoms with Crippen LogP contribution in [0, 0.1) is 5.92 Å². The summed E-state index contributed by atoms with van der Waals surface area (Å²) in [5.74, 6) is 0.416. The van der Waals surface area contributed by atoms with E-state index in [-0.39, 0.29) is 6.10 Å². The van der Waals surface area contributed by atoms with Crippen LogP contribution in [0.15, 0.2) is 0 Å². The molecule has 2 N–H and O–H groups in total. The maximum Gasteiger partial charge on any atom is 0.0693 e. The SMILES string of the molecule is CC.C[C@@H]1C[C@@H](O)CN(O)C1. The van der Waals surface area contributed by atoms with Gasteiger partial charge in [0.15, 0.2) is 0 Å². The lowest BCUT2D eigenvalue weighted by molar-refractivity contribution is -0.145. The van der Waals surface area contributed by atoms with Crippen LogP contribution in [0.25, 0.3) is 0 Å². The molecule has 2 atom stereocenters. The van der Waals surface area contributed by atoms with Crippen LogP contribution in [0.1, 0.15) is 27.2 Å². The fourth-order valence-corrected chi connectivity index (χ4v) is 1.29. The Morgan fingerprint density at radius 3 is 2.18 bits per heavy atom. The highest BCUT2D eigenvalue weighted by molar-refractivity contribution is 4.70. The molecule has 1 rings (SSSR count). The fraction of sp³-hybridized carbons (Fsp3) is 1.00. The predicted molar refractivity (Wildman–Crippen MR) is 44.5 cm³/mol. The highest BCUT2D eigenvalue weighted by Crippen LogP contribution is 2.13. The van der Waals surface area contributed by atoms with Crippen LogP contribution in [-0.2, 0) is 0 Å². The number of rotatable bonds is 0. The van der Waals surface area contributed by atoms with E-state index in [9.17, 15) is 0 Å². The molecular formula is C8H19NO2. The second kappa shape index (κ2) is 5.52. The van der Waals surface area contributed by atoms with Crippen molar-refractivity contribution in [2.24, 2.45) is 5.92 Å². The van der Waals surface area contributed by atoms with Gasteiger partial charge < -0.3 is 10.3 Å². The molecule has 0 amide bonds. The van der Waals surface area contributed by atoms with Gasteiger partial charge in [0, 0.05) is 13.1 Å². The summed E-state index contributed by atoms with van der Waals surface area (Å²) in [5, 5.41) is 19.2. The van der Waals surface area contributed by atoms with Crippen LogP contribution in [0.5, 0.6) is 0 Å². The molecule has 3 nitrogen and oxygen atoms in total. The first-order chi connectivity index (χ1) is 5.18. The molecule has 11 heavy (non-hydrogen) atoms. The maximum atomic E-state index is 9.05. The van der Waals surface area contributed by atoms with Crippen molar-refractivity contribution in [3.8, 4) is 0 Å². The molecule has 0 saturated carbocycles. The first kappa shape index (κ1) is 10.9. The average molecular weight is 161 g/mol. The third-order valence-corrected chi connectivity index (χ3v) is 1.62. The third-order valence-electron chi connectivity index (χ3n) is 1.62. The largest absolute Gasteiger partial charge is 0.392 e. The maximum absolute atomic E-state index is 9.05. The minimum atomic E-state index is -0.334. The minimum Gasteiger partial charge on any atom is -0.392 e. The van der Waals surface area contributed by atoms with Crippen molar-refractivity contribution in [1.29, 1.82) is 0 Å². The van der Waals surface area contributed by atoms with E-state index in [1.165, 1.54) is 5.06 Å². The van der Waals surface area contributed by atoms with Crippen LogP contribution >= 0.6 is 0 Å². The van der Waals surface area contributed by atoms with Crippen molar-refractivity contribution < 1.29 is 10.3 Å². The first-order valence-electron chi connectivity index (χ1n) is 4.30. The summed E-state index contributed by atoms with van der Waals surface area (Å²) in [6.07, 6.45) is 0.482. The van der Waals surface area contributed by atoms with E-state index in [1.807, 2.05) is 20.8 Å². The molecule has 1 aliphatic rings. The van der Waals surface area contributed by atoms with Crippen molar-refractivity contribution in [3.63, 3.8) is 0 Å². The second-order valence-electron chi connectivity index (χ2n) is 2.87. The van der Waals surface area contributed by atoms with Crippen LogP contribution in [-0.4, -0.2) is 34.6 Å². The standard InChI is InChI=1S/C6H13NO2.C2H6/c1-5-2-6(8)4-7(9)3-5;1-2/h5-6,8-9H,2-4H2,1H3;1-2H3/t5-,6-;/m1./s1. The molecule has 1 saturated heterocycles. The lowest BCUT2D eigenvalue weighted by Gasteiger charge is -2.29. The lowest BCUT2D eigenvalue weighted by Crippen LogP contribution is -2.40. The van der Waals surface area contributed by atoms with E-state index in [4.69, 9.17) is 10.3 Å². The zero-order valence-corrected chi connectivity index (χ0v) is 7.62. The van der Waals surface area contributed by atoms with Crippen molar-refractivity contribution in [2.75, 3.05) is 13.1 Å². The summed E-state index contributed by atoms with van der Waals surface area (Å²) in [6.45, 7) is 7.12. The molecule has 0 aromatic rings. The van der Waals surface area contributed by atoms with Gasteiger partial charge in [0.25, 0.3) is 0 Å². The topological polar surface area (TPSA) is 43.7 Å². The van der Waals surface area contributed by atoms with E-state index in [2.05, 4.69) is 0 Å². The van der Waals surface area contributed by atoms with Gasteiger partial charge in [0.05, 0.1) is 6.10 Å². The lowest BCUT2D eigenvalue weighted by atomic mass is 10.00. The molecule has 0 aromatic heterocycles. The van der Waals surface area contributed by atoms with Gasteiger partial charge in [-0.1, -0.05) is 20.8 Å². The highest BCUT2D eigenvalue weighted by atomic mass is 16.5. The molecule has 0 radical (unpaired) electrons. The number of piperidine rings is 1. The summed E-state index contributed by atoms with van der Waals surface area (Å²) >= 11 is 0. The molecule has 0 bridgehead atoms. The van der Waals surface area contributed by atoms with E-state index >= 15 is 0 Å². The van der Waals surface area contributed by atoms with Gasteiger partial charge >= 0.3 is 0 Å². The average Bonchev–Trinajstić information content (AvgIpc) is 1.88. The summed E-state index contributed by atoms with van der Waals surface area (Å²) in [7, 11) is 0. The third kappa shape index (κ3) is 4.35. The Morgan fingerprint density at radius 1 is 1.27 bits per heavy atom. The molecule has 0 unspecified atom stereocenters. The van der Waals surface area contributed by atoms with Crippen LogP contribution in [0.3, 0.4) is 0 Å². The Morgan fingerprint density at radius 2 is 1.82 bits per heavy atom. The molecule has 1 heterocycles. The summed E-state index contributed by atoms with van der Waals surface area (Å²) < 4.78 is 0. The van der Waals surface area contributed by atoms with Crippen LogP contribution in [0.4, 0.5) is 0 Å². The molecule has 1 fully saturated rings. The molecule has 68 valence electrons. The van der Waals surface area contributed by atoms with Gasteiger partial charge in [-0.15, -0.1) is 0 Å². The first-order valence-corrected chi connectivity index (χ1v) is 4.30. The van der Waals surface area contributed by atoms with Gasteiger partial charge in [-0.25, -0.2) is 0 Å². The van der Waals surface area contributed by atoms with E-state index in [1.54, 1.807) is 0 Å². The van der Waals surface area contributed by atoms with E-state index in [0.717, 1.165) is 6.42 Å². The number of β-amino-alcohol motifs (C(OH)–C–C–N with tert-alkyl or cyclic N) is 1. The Bertz CT molecular complexity index is 73.1. The zero-order chi connectivity index (χ0) is 8.85. The van der Waals surface area contributed by atoms with E-state index in [0.29, 0.717) is 19.0 Å². The smallest absolute Gasteiger partial charge is 0.0693 e. The Hall–Kier alpha value is -0.120. The van der Waals surface area contributed by atoms with Gasteiger partial charge in [-0.05, 0) is 12.3 Å². The second-order valence-corrected chi connectivity index (χ2v) is 2.87. The number of aliphatic hydroxyl groups excluding tert-OH is 1. The number of hydroxylamine groups is 2.